The molecule has 3 nitrogen and oxygen atoms in total. The van der Waals surface area contributed by atoms with E-state index in [0.717, 1.165) is 0 Å². The van der Waals surface area contributed by atoms with E-state index < -0.39 is 0 Å². The molecule has 0 heterocycles. The van der Waals surface area contributed by atoms with Crippen molar-refractivity contribution in [3.05, 3.63) is 34.3 Å². The Labute approximate surface area is 105 Å². The van der Waals surface area contributed by atoms with Crippen LogP contribution in [0.15, 0.2) is 18.2 Å². The van der Waals surface area contributed by atoms with Crippen LogP contribution in [0.3, 0.4) is 0 Å². The molecule has 1 rings (SSSR count). The van der Waals surface area contributed by atoms with E-state index in [4.69, 9.17) is 16.9 Å². The van der Waals surface area contributed by atoms with Crippen molar-refractivity contribution in [3.8, 4) is 17.9 Å². The van der Waals surface area contributed by atoms with Gasteiger partial charge >= 0.3 is 0 Å². The molecule has 4 heteroatoms. The van der Waals surface area contributed by atoms with E-state index in [1.807, 2.05) is 0 Å². The van der Waals surface area contributed by atoms with Gasteiger partial charge < -0.3 is 5.32 Å². The van der Waals surface area contributed by atoms with Gasteiger partial charge in [-0.25, -0.2) is 0 Å². The molecule has 1 aromatic rings. The molecule has 0 spiro atoms. The average molecular weight is 247 g/mol. The zero-order valence-corrected chi connectivity index (χ0v) is 10.1. The molecule has 17 heavy (non-hydrogen) atoms. The quantitative estimate of drug-likeness (QED) is 0.642. The first-order valence-electron chi connectivity index (χ1n) is 5.06. The Morgan fingerprint density at radius 3 is 2.88 bits per heavy atom. The number of halogens is 1. The Bertz CT molecular complexity index is 520. The van der Waals surface area contributed by atoms with E-state index in [1.54, 1.807) is 18.2 Å². The molecular formula is C13H11ClN2O. The number of hydrogen-bond donors (Lipinski definition) is 1. The van der Waals surface area contributed by atoms with Gasteiger partial charge in [-0.3, -0.25) is 4.79 Å². The standard InChI is InChI=1S/C13H11ClN2O/c1-10(17)16-7-3-2-4-11-8-13(14)6-5-12(11)9-15/h5-6,8H,3,7H2,1H3,(H,16,17). The van der Waals surface area contributed by atoms with Crippen LogP contribution in [-0.4, -0.2) is 12.5 Å². The molecule has 0 saturated heterocycles. The Morgan fingerprint density at radius 2 is 2.24 bits per heavy atom. The van der Waals surface area contributed by atoms with Crippen molar-refractivity contribution in [3.63, 3.8) is 0 Å². The lowest BCUT2D eigenvalue weighted by atomic mass is 10.1. The number of carbonyl (C=O) groups is 1. The summed E-state index contributed by atoms with van der Waals surface area (Å²) in [4.78, 5) is 10.6. The lowest BCUT2D eigenvalue weighted by Crippen LogP contribution is -2.20. The molecule has 0 radical (unpaired) electrons. The zero-order valence-electron chi connectivity index (χ0n) is 9.38. The van der Waals surface area contributed by atoms with Crippen molar-refractivity contribution in [2.24, 2.45) is 0 Å². The maximum absolute atomic E-state index is 10.6. The highest BCUT2D eigenvalue weighted by Gasteiger charge is 1.99. The number of nitrogens with zero attached hydrogens (tertiary/aromatic N) is 1. The number of carbonyl (C=O) groups excluding carboxylic acids is 1. The summed E-state index contributed by atoms with van der Waals surface area (Å²) in [6, 6.07) is 7.00. The molecule has 86 valence electrons. The second-order valence-corrected chi connectivity index (χ2v) is 3.77. The number of amides is 1. The molecule has 0 aliphatic rings. The Kier molecular flexibility index (Phi) is 5.07. The third-order valence-corrected chi connectivity index (χ3v) is 2.18. The van der Waals surface area contributed by atoms with E-state index in [1.165, 1.54) is 6.92 Å². The highest BCUT2D eigenvalue weighted by molar-refractivity contribution is 6.30. The first-order valence-corrected chi connectivity index (χ1v) is 5.44. The summed E-state index contributed by atoms with van der Waals surface area (Å²) < 4.78 is 0. The van der Waals surface area contributed by atoms with Crippen molar-refractivity contribution in [1.29, 1.82) is 5.26 Å². The minimum atomic E-state index is -0.0766. The maximum atomic E-state index is 10.6. The predicted octanol–water partition coefficient (Wildman–Crippen LogP) is 2.09. The molecular weight excluding hydrogens is 236 g/mol. The van der Waals surface area contributed by atoms with Gasteiger partial charge in [0.15, 0.2) is 0 Å². The fourth-order valence-electron chi connectivity index (χ4n) is 1.18. The van der Waals surface area contributed by atoms with Gasteiger partial charge in [0, 0.05) is 30.5 Å². The molecule has 0 atom stereocenters. The van der Waals surface area contributed by atoms with Gasteiger partial charge in [0.1, 0.15) is 6.07 Å². The summed E-state index contributed by atoms with van der Waals surface area (Å²) >= 11 is 5.82. The summed E-state index contributed by atoms with van der Waals surface area (Å²) in [6.45, 7) is 1.96. The van der Waals surface area contributed by atoms with Crippen molar-refractivity contribution >= 4 is 17.5 Å². The Hall–Kier alpha value is -1.97. The van der Waals surface area contributed by atoms with E-state index in [-0.39, 0.29) is 5.91 Å². The number of nitriles is 1. The molecule has 0 bridgehead atoms. The summed E-state index contributed by atoms with van der Waals surface area (Å²) in [5, 5.41) is 12.1. The Balaban J connectivity index is 2.68. The van der Waals surface area contributed by atoms with Crippen molar-refractivity contribution in [2.75, 3.05) is 6.54 Å². The average Bonchev–Trinajstić information content (AvgIpc) is 2.28. The molecule has 0 aliphatic heterocycles. The van der Waals surface area contributed by atoms with Crippen LogP contribution in [0.2, 0.25) is 5.02 Å². The van der Waals surface area contributed by atoms with Crippen LogP contribution in [-0.2, 0) is 4.79 Å². The van der Waals surface area contributed by atoms with Crippen LogP contribution in [0.1, 0.15) is 24.5 Å². The monoisotopic (exact) mass is 246 g/mol. The highest BCUT2D eigenvalue weighted by Crippen LogP contribution is 2.14. The molecule has 0 saturated carbocycles. The number of nitrogens with one attached hydrogen (secondary N) is 1. The van der Waals surface area contributed by atoms with Gasteiger partial charge in [-0.1, -0.05) is 23.4 Å². The van der Waals surface area contributed by atoms with E-state index >= 15 is 0 Å². The van der Waals surface area contributed by atoms with Gasteiger partial charge in [0.25, 0.3) is 0 Å². The predicted molar refractivity (Wildman–Crippen MR) is 66.3 cm³/mol. The zero-order chi connectivity index (χ0) is 12.7. The topological polar surface area (TPSA) is 52.9 Å². The van der Waals surface area contributed by atoms with Gasteiger partial charge in [0.2, 0.25) is 5.91 Å². The second-order valence-electron chi connectivity index (χ2n) is 3.34. The second kappa shape index (κ2) is 6.58. The normalized spacial score (nSPS) is 8.76. The van der Waals surface area contributed by atoms with Crippen LogP contribution in [0.5, 0.6) is 0 Å². The van der Waals surface area contributed by atoms with Crippen LogP contribution in [0.25, 0.3) is 0 Å². The maximum Gasteiger partial charge on any atom is 0.216 e. The third-order valence-electron chi connectivity index (χ3n) is 1.95. The van der Waals surface area contributed by atoms with Gasteiger partial charge in [0.05, 0.1) is 5.56 Å². The van der Waals surface area contributed by atoms with E-state index in [0.29, 0.717) is 29.1 Å². The molecule has 1 N–H and O–H groups in total. The first-order chi connectivity index (χ1) is 8.13. The van der Waals surface area contributed by atoms with E-state index in [2.05, 4.69) is 23.2 Å². The van der Waals surface area contributed by atoms with Crippen LogP contribution in [0.4, 0.5) is 0 Å². The van der Waals surface area contributed by atoms with Crippen molar-refractivity contribution in [2.45, 2.75) is 13.3 Å². The molecule has 0 unspecified atom stereocenters. The molecule has 1 aromatic carbocycles. The molecule has 1 amide bonds. The van der Waals surface area contributed by atoms with Gasteiger partial charge in [-0.15, -0.1) is 0 Å². The lowest BCUT2D eigenvalue weighted by Gasteiger charge is -1.96. The first kappa shape index (κ1) is 13.1. The SMILES string of the molecule is CC(=O)NCCC#Cc1cc(Cl)ccc1C#N. The number of benzene rings is 1. The van der Waals surface area contributed by atoms with Crippen molar-refractivity contribution in [1.82, 2.24) is 5.32 Å². The molecule has 0 aromatic heterocycles. The van der Waals surface area contributed by atoms with Crippen LogP contribution < -0.4 is 5.32 Å². The summed E-state index contributed by atoms with van der Waals surface area (Å²) in [5.41, 5.74) is 1.12. The van der Waals surface area contributed by atoms with Gasteiger partial charge in [-0.05, 0) is 18.2 Å². The third kappa shape index (κ3) is 4.59. The Morgan fingerprint density at radius 1 is 1.47 bits per heavy atom. The summed E-state index contributed by atoms with van der Waals surface area (Å²) in [5.74, 6) is 5.68. The highest BCUT2D eigenvalue weighted by atomic mass is 35.5. The number of hydrogen-bond acceptors (Lipinski definition) is 2. The van der Waals surface area contributed by atoms with Crippen LogP contribution in [0, 0.1) is 23.2 Å². The summed E-state index contributed by atoms with van der Waals surface area (Å²) in [6.07, 6.45) is 0.539. The molecule has 0 aliphatic carbocycles. The van der Waals surface area contributed by atoms with Crippen molar-refractivity contribution < 1.29 is 4.79 Å². The fourth-order valence-corrected chi connectivity index (χ4v) is 1.35. The van der Waals surface area contributed by atoms with Crippen LogP contribution >= 0.6 is 11.6 Å². The number of rotatable bonds is 2. The fraction of sp³-hybridized carbons (Fsp3) is 0.231. The summed E-state index contributed by atoms with van der Waals surface area (Å²) in [7, 11) is 0. The van der Waals surface area contributed by atoms with E-state index in [9.17, 15) is 4.79 Å². The smallest absolute Gasteiger partial charge is 0.216 e. The van der Waals surface area contributed by atoms with Gasteiger partial charge in [-0.2, -0.15) is 5.26 Å². The molecule has 0 fully saturated rings. The largest absolute Gasteiger partial charge is 0.355 e. The minimum Gasteiger partial charge on any atom is -0.355 e. The lowest BCUT2D eigenvalue weighted by molar-refractivity contribution is -0.118. The minimum absolute atomic E-state index is 0.0766.